The maximum atomic E-state index is 13.3. The van der Waals surface area contributed by atoms with Crippen LogP contribution in [0.5, 0.6) is 0 Å². The maximum Gasteiger partial charge on any atom is 0.268 e. The topological polar surface area (TPSA) is 84.5 Å². The number of nitrogens with zero attached hydrogens (tertiary/aromatic N) is 2. The molecule has 2 aromatic heterocycles. The Bertz CT molecular complexity index is 929. The zero-order chi connectivity index (χ0) is 19.8. The van der Waals surface area contributed by atoms with Crippen molar-refractivity contribution >= 4 is 15.9 Å². The minimum Gasteiger partial charge on any atom is -0.467 e. The lowest BCUT2D eigenvalue weighted by Gasteiger charge is -2.30. The summed E-state index contributed by atoms with van der Waals surface area (Å²) in [4.78, 5) is 13.0. The van der Waals surface area contributed by atoms with Crippen LogP contribution in [0.2, 0.25) is 0 Å². The van der Waals surface area contributed by atoms with Crippen LogP contribution in [0.4, 0.5) is 0 Å². The van der Waals surface area contributed by atoms with Gasteiger partial charge in [-0.05, 0) is 44.7 Å². The average Bonchev–Trinajstić information content (AvgIpc) is 3.20. The van der Waals surface area contributed by atoms with Crippen LogP contribution < -0.4 is 5.32 Å². The molecule has 0 radical (unpaired) electrons. The van der Waals surface area contributed by atoms with Crippen molar-refractivity contribution in [1.82, 2.24) is 14.2 Å². The Kier molecular flexibility index (Phi) is 5.48. The third kappa shape index (κ3) is 3.68. The molecule has 8 heteroatoms. The lowest BCUT2D eigenvalue weighted by Crippen LogP contribution is -2.39. The highest BCUT2D eigenvalue weighted by atomic mass is 32.2. The number of piperidine rings is 1. The van der Waals surface area contributed by atoms with Crippen molar-refractivity contribution in [3.8, 4) is 0 Å². The number of hydrogen-bond acceptors (Lipinski definition) is 4. The lowest BCUT2D eigenvalue weighted by molar-refractivity contribution is 0.0939. The van der Waals surface area contributed by atoms with Gasteiger partial charge in [-0.15, -0.1) is 0 Å². The van der Waals surface area contributed by atoms with Crippen molar-refractivity contribution in [3.63, 3.8) is 0 Å². The summed E-state index contributed by atoms with van der Waals surface area (Å²) in [6.45, 7) is 6.82. The van der Waals surface area contributed by atoms with Gasteiger partial charge in [0.05, 0.1) is 12.8 Å². The van der Waals surface area contributed by atoms with E-state index in [0.29, 0.717) is 41.7 Å². The van der Waals surface area contributed by atoms with Crippen LogP contribution in [0.3, 0.4) is 0 Å². The predicted octanol–water partition coefficient (Wildman–Crippen LogP) is 2.59. The predicted molar refractivity (Wildman–Crippen MR) is 102 cm³/mol. The third-order valence-corrected chi connectivity index (χ3v) is 7.43. The fraction of sp³-hybridized carbons (Fsp3) is 0.526. The van der Waals surface area contributed by atoms with Gasteiger partial charge in [-0.25, -0.2) is 8.42 Å². The molecule has 0 spiro atoms. The molecule has 3 heterocycles. The Morgan fingerprint density at radius 2 is 2.11 bits per heavy atom. The van der Waals surface area contributed by atoms with Gasteiger partial charge >= 0.3 is 0 Å². The van der Waals surface area contributed by atoms with Crippen molar-refractivity contribution < 1.29 is 17.6 Å². The van der Waals surface area contributed by atoms with Crippen LogP contribution in [0.15, 0.2) is 27.7 Å². The molecule has 1 fully saturated rings. The van der Waals surface area contributed by atoms with Gasteiger partial charge in [-0.3, -0.25) is 4.79 Å². The molecule has 0 saturated carbocycles. The van der Waals surface area contributed by atoms with Gasteiger partial charge < -0.3 is 14.3 Å². The molecular formula is C19H27N3O4S. The molecule has 27 heavy (non-hydrogen) atoms. The Morgan fingerprint density at radius 1 is 1.37 bits per heavy atom. The number of aromatic nitrogens is 1. The summed E-state index contributed by atoms with van der Waals surface area (Å²) < 4.78 is 35.0. The van der Waals surface area contributed by atoms with Crippen molar-refractivity contribution in [2.24, 2.45) is 13.0 Å². The van der Waals surface area contributed by atoms with Gasteiger partial charge in [0.15, 0.2) is 0 Å². The second-order valence-corrected chi connectivity index (χ2v) is 9.19. The van der Waals surface area contributed by atoms with Gasteiger partial charge in [0.25, 0.3) is 5.91 Å². The maximum absolute atomic E-state index is 13.3. The summed E-state index contributed by atoms with van der Waals surface area (Å²) in [5, 5.41) is 2.80. The first-order valence-electron chi connectivity index (χ1n) is 9.20. The normalized spacial score (nSPS) is 18.6. The van der Waals surface area contributed by atoms with Crippen molar-refractivity contribution in [2.75, 3.05) is 13.1 Å². The van der Waals surface area contributed by atoms with Crippen molar-refractivity contribution in [3.05, 3.63) is 41.1 Å². The van der Waals surface area contributed by atoms with E-state index in [1.807, 2.05) is 0 Å². The first-order chi connectivity index (χ1) is 12.7. The summed E-state index contributed by atoms with van der Waals surface area (Å²) in [5.74, 6) is 0.666. The SMILES string of the molecule is Cc1c(S(=O)(=O)N2CCCC(C)C2)c(C)n(C)c1C(=O)NCc1ccco1. The highest BCUT2D eigenvalue weighted by molar-refractivity contribution is 7.89. The minimum atomic E-state index is -3.64. The first-order valence-corrected chi connectivity index (χ1v) is 10.6. The van der Waals surface area contributed by atoms with E-state index in [9.17, 15) is 13.2 Å². The number of amides is 1. The van der Waals surface area contributed by atoms with Gasteiger partial charge in [-0.2, -0.15) is 4.31 Å². The van der Waals surface area contributed by atoms with Gasteiger partial charge in [0, 0.05) is 31.4 Å². The molecule has 1 atom stereocenters. The smallest absolute Gasteiger partial charge is 0.268 e. The molecule has 0 bridgehead atoms. The number of hydrogen-bond donors (Lipinski definition) is 1. The average molecular weight is 394 g/mol. The minimum absolute atomic E-state index is 0.251. The van der Waals surface area contributed by atoms with Crippen LogP contribution >= 0.6 is 0 Å². The van der Waals surface area contributed by atoms with Crippen LogP contribution in [0, 0.1) is 19.8 Å². The summed E-state index contributed by atoms with van der Waals surface area (Å²) in [6.07, 6.45) is 3.45. The number of rotatable bonds is 5. The van der Waals surface area contributed by atoms with Crippen molar-refractivity contribution in [2.45, 2.75) is 45.1 Å². The molecule has 1 unspecified atom stereocenters. The van der Waals surface area contributed by atoms with E-state index >= 15 is 0 Å². The summed E-state index contributed by atoms with van der Waals surface area (Å²) >= 11 is 0. The lowest BCUT2D eigenvalue weighted by atomic mass is 10.0. The number of sulfonamides is 1. The Labute approximate surface area is 160 Å². The van der Waals surface area contributed by atoms with E-state index in [4.69, 9.17) is 4.42 Å². The summed E-state index contributed by atoms with van der Waals surface area (Å²) in [5.41, 5.74) is 1.43. The zero-order valence-corrected chi connectivity index (χ0v) is 17.1. The molecule has 3 rings (SSSR count). The van der Waals surface area contributed by atoms with E-state index < -0.39 is 10.0 Å². The molecule has 148 valence electrons. The van der Waals surface area contributed by atoms with E-state index in [1.54, 1.807) is 48.2 Å². The summed E-state index contributed by atoms with van der Waals surface area (Å²) in [7, 11) is -1.91. The molecule has 2 aromatic rings. The number of carbonyl (C=O) groups is 1. The zero-order valence-electron chi connectivity index (χ0n) is 16.3. The van der Waals surface area contributed by atoms with Crippen LogP contribution in [0.1, 0.15) is 47.3 Å². The van der Waals surface area contributed by atoms with Gasteiger partial charge in [0.1, 0.15) is 16.3 Å². The number of carbonyl (C=O) groups excluding carboxylic acids is 1. The molecule has 1 amide bonds. The second kappa shape index (κ2) is 7.52. The van der Waals surface area contributed by atoms with Gasteiger partial charge in [-0.1, -0.05) is 6.92 Å². The number of nitrogens with one attached hydrogen (secondary N) is 1. The molecule has 7 nitrogen and oxygen atoms in total. The fourth-order valence-corrected chi connectivity index (χ4v) is 5.88. The van der Waals surface area contributed by atoms with Crippen LogP contribution in [-0.2, 0) is 23.6 Å². The first kappa shape index (κ1) is 19.7. The largest absolute Gasteiger partial charge is 0.467 e. The molecule has 1 aliphatic rings. The molecule has 0 aromatic carbocycles. The van der Waals surface area contributed by atoms with E-state index in [0.717, 1.165) is 12.8 Å². The molecule has 1 saturated heterocycles. The highest BCUT2D eigenvalue weighted by Gasteiger charge is 2.35. The quantitative estimate of drug-likeness (QED) is 0.846. The van der Waals surface area contributed by atoms with E-state index in [-0.39, 0.29) is 17.3 Å². The molecule has 1 N–H and O–H groups in total. The Morgan fingerprint density at radius 3 is 2.74 bits per heavy atom. The highest BCUT2D eigenvalue weighted by Crippen LogP contribution is 2.31. The number of furan rings is 1. The molecule has 0 aliphatic carbocycles. The van der Waals surface area contributed by atoms with Crippen LogP contribution in [-0.4, -0.2) is 36.3 Å². The second-order valence-electron chi connectivity index (χ2n) is 7.32. The monoisotopic (exact) mass is 393 g/mol. The summed E-state index contributed by atoms with van der Waals surface area (Å²) in [6, 6.07) is 3.53. The van der Waals surface area contributed by atoms with E-state index in [2.05, 4.69) is 12.2 Å². The van der Waals surface area contributed by atoms with Crippen molar-refractivity contribution in [1.29, 1.82) is 0 Å². The fourth-order valence-electron chi connectivity index (χ4n) is 3.81. The van der Waals surface area contributed by atoms with E-state index in [1.165, 1.54) is 0 Å². The Hall–Kier alpha value is -2.06. The molecule has 1 aliphatic heterocycles. The van der Waals surface area contributed by atoms with Crippen LogP contribution in [0.25, 0.3) is 0 Å². The third-order valence-electron chi connectivity index (χ3n) is 5.30. The molecular weight excluding hydrogens is 366 g/mol. The standard InChI is InChI=1S/C19H27N3O4S/c1-13-7-5-9-22(12-13)27(24,25)18-14(2)17(21(4)15(18)3)19(23)20-11-16-8-6-10-26-16/h6,8,10,13H,5,7,9,11-12H2,1-4H3,(H,20,23). The van der Waals surface area contributed by atoms with Gasteiger partial charge in [0.2, 0.25) is 10.0 Å². The Balaban J connectivity index is 1.91.